The van der Waals surface area contributed by atoms with Gasteiger partial charge in [0.1, 0.15) is 11.2 Å². The molecule has 4 rings (SSSR count). The summed E-state index contributed by atoms with van der Waals surface area (Å²) in [6.07, 6.45) is 8.35. The van der Waals surface area contributed by atoms with Gasteiger partial charge >= 0.3 is 5.97 Å². The molecule has 2 aliphatic rings. The van der Waals surface area contributed by atoms with E-state index in [1.807, 2.05) is 30.5 Å². The van der Waals surface area contributed by atoms with E-state index in [1.54, 1.807) is 6.20 Å². The summed E-state index contributed by atoms with van der Waals surface area (Å²) in [6, 6.07) is 8.06. The standard InChI is InChI=1S/C21H24N2O4/c1-26-20(25)21(10-11-21)19(24)23-15-5-7-16(8-6-15)27-18-4-2-3-14-13-22-12-9-17(14)18/h2-4,9,12-13,15-16H,5-8,10-11H2,1H3,(H,23,24). The number of fused-ring (bicyclic) bond motifs is 1. The van der Waals surface area contributed by atoms with E-state index >= 15 is 0 Å². The van der Waals surface area contributed by atoms with Crippen LogP contribution >= 0.6 is 0 Å². The Bertz CT molecular complexity index is 849. The van der Waals surface area contributed by atoms with Crippen molar-refractivity contribution in [1.29, 1.82) is 0 Å². The summed E-state index contributed by atoms with van der Waals surface area (Å²) in [4.78, 5) is 28.5. The zero-order chi connectivity index (χ0) is 18.9. The van der Waals surface area contributed by atoms with Crippen molar-refractivity contribution < 1.29 is 19.1 Å². The molecule has 1 aromatic heterocycles. The first-order valence-corrected chi connectivity index (χ1v) is 9.51. The van der Waals surface area contributed by atoms with Gasteiger partial charge < -0.3 is 14.8 Å². The summed E-state index contributed by atoms with van der Waals surface area (Å²) in [5, 5.41) is 5.18. The van der Waals surface area contributed by atoms with Crippen LogP contribution in [0, 0.1) is 5.41 Å². The van der Waals surface area contributed by atoms with Crippen molar-refractivity contribution in [1.82, 2.24) is 10.3 Å². The second-order valence-electron chi connectivity index (χ2n) is 7.49. The summed E-state index contributed by atoms with van der Waals surface area (Å²) in [5.74, 6) is 0.285. The Morgan fingerprint density at radius 2 is 1.93 bits per heavy atom. The van der Waals surface area contributed by atoms with Gasteiger partial charge in [-0.15, -0.1) is 0 Å². The molecule has 1 heterocycles. The number of pyridine rings is 1. The van der Waals surface area contributed by atoms with Gasteiger partial charge in [0.2, 0.25) is 5.91 Å². The molecule has 1 amide bonds. The zero-order valence-electron chi connectivity index (χ0n) is 15.4. The molecule has 6 heteroatoms. The van der Waals surface area contributed by atoms with Gasteiger partial charge in [-0.1, -0.05) is 12.1 Å². The Hall–Kier alpha value is -2.63. The van der Waals surface area contributed by atoms with Crippen LogP contribution in [-0.2, 0) is 14.3 Å². The summed E-state index contributed by atoms with van der Waals surface area (Å²) in [7, 11) is 1.33. The number of hydrogen-bond acceptors (Lipinski definition) is 5. The molecule has 0 spiro atoms. The van der Waals surface area contributed by atoms with Crippen LogP contribution in [-0.4, -0.2) is 36.1 Å². The summed E-state index contributed by atoms with van der Waals surface area (Å²) < 4.78 is 11.0. The quantitative estimate of drug-likeness (QED) is 0.648. The maximum atomic E-state index is 12.5. The summed E-state index contributed by atoms with van der Waals surface area (Å²) in [6.45, 7) is 0. The Morgan fingerprint density at radius 3 is 2.63 bits per heavy atom. The van der Waals surface area contributed by atoms with E-state index in [0.29, 0.717) is 12.8 Å². The highest BCUT2D eigenvalue weighted by Crippen LogP contribution is 2.47. The lowest BCUT2D eigenvalue weighted by molar-refractivity contribution is -0.152. The largest absolute Gasteiger partial charge is 0.490 e. The van der Waals surface area contributed by atoms with Gasteiger partial charge in [-0.25, -0.2) is 0 Å². The van der Waals surface area contributed by atoms with E-state index in [9.17, 15) is 9.59 Å². The second-order valence-corrected chi connectivity index (χ2v) is 7.49. The number of rotatable bonds is 5. The maximum absolute atomic E-state index is 12.5. The number of esters is 1. The minimum Gasteiger partial charge on any atom is -0.490 e. The van der Waals surface area contributed by atoms with Crippen LogP contribution in [0.2, 0.25) is 0 Å². The van der Waals surface area contributed by atoms with E-state index in [2.05, 4.69) is 10.3 Å². The first kappa shape index (κ1) is 17.8. The molecule has 1 N–H and O–H groups in total. The number of carbonyl (C=O) groups is 2. The third-order valence-corrected chi connectivity index (χ3v) is 5.70. The molecule has 1 aromatic carbocycles. The molecular formula is C21H24N2O4. The van der Waals surface area contributed by atoms with E-state index < -0.39 is 11.4 Å². The first-order valence-electron chi connectivity index (χ1n) is 9.51. The number of nitrogens with zero attached hydrogens (tertiary/aromatic N) is 1. The van der Waals surface area contributed by atoms with Crippen molar-refractivity contribution in [3.8, 4) is 5.75 Å². The van der Waals surface area contributed by atoms with Gasteiger partial charge in [-0.05, 0) is 50.7 Å². The average molecular weight is 368 g/mol. The first-order chi connectivity index (χ1) is 13.1. The molecule has 2 fully saturated rings. The molecule has 0 atom stereocenters. The van der Waals surface area contributed by atoms with Crippen molar-refractivity contribution in [2.45, 2.75) is 50.7 Å². The molecule has 0 aliphatic heterocycles. The van der Waals surface area contributed by atoms with Crippen LogP contribution in [0.25, 0.3) is 10.8 Å². The fourth-order valence-electron chi connectivity index (χ4n) is 3.87. The molecule has 0 radical (unpaired) electrons. The highest BCUT2D eigenvalue weighted by molar-refractivity contribution is 6.05. The number of nitrogens with one attached hydrogen (secondary N) is 1. The van der Waals surface area contributed by atoms with Crippen LogP contribution in [0.3, 0.4) is 0 Å². The van der Waals surface area contributed by atoms with Gasteiger partial charge in [0.15, 0.2) is 0 Å². The number of benzene rings is 1. The molecule has 2 saturated carbocycles. The molecule has 2 aliphatic carbocycles. The second kappa shape index (κ2) is 7.18. The Kier molecular flexibility index (Phi) is 4.72. The average Bonchev–Trinajstić information content (AvgIpc) is 3.51. The van der Waals surface area contributed by atoms with Crippen molar-refractivity contribution in [2.24, 2.45) is 5.41 Å². The summed E-state index contributed by atoms with van der Waals surface area (Å²) in [5.41, 5.74) is -0.931. The van der Waals surface area contributed by atoms with Crippen LogP contribution in [0.4, 0.5) is 0 Å². The smallest absolute Gasteiger partial charge is 0.321 e. The fraction of sp³-hybridized carbons (Fsp3) is 0.476. The van der Waals surface area contributed by atoms with E-state index in [-0.39, 0.29) is 18.1 Å². The number of amides is 1. The van der Waals surface area contributed by atoms with E-state index in [0.717, 1.165) is 42.2 Å². The number of aromatic nitrogens is 1. The minimum atomic E-state index is -0.931. The molecule has 0 unspecified atom stereocenters. The van der Waals surface area contributed by atoms with Crippen molar-refractivity contribution >= 4 is 22.6 Å². The van der Waals surface area contributed by atoms with Gasteiger partial charge in [0, 0.05) is 29.2 Å². The molecule has 142 valence electrons. The highest BCUT2D eigenvalue weighted by atomic mass is 16.5. The molecule has 6 nitrogen and oxygen atoms in total. The lowest BCUT2D eigenvalue weighted by Gasteiger charge is -2.30. The van der Waals surface area contributed by atoms with Gasteiger partial charge in [0.05, 0.1) is 13.2 Å². The third-order valence-electron chi connectivity index (χ3n) is 5.70. The molecule has 27 heavy (non-hydrogen) atoms. The molecular weight excluding hydrogens is 344 g/mol. The van der Waals surface area contributed by atoms with Crippen LogP contribution in [0.5, 0.6) is 5.75 Å². The van der Waals surface area contributed by atoms with Gasteiger partial charge in [-0.2, -0.15) is 0 Å². The maximum Gasteiger partial charge on any atom is 0.321 e. The monoisotopic (exact) mass is 368 g/mol. The number of carbonyl (C=O) groups excluding carboxylic acids is 2. The van der Waals surface area contributed by atoms with Crippen molar-refractivity contribution in [3.63, 3.8) is 0 Å². The number of hydrogen-bond donors (Lipinski definition) is 1. The van der Waals surface area contributed by atoms with Crippen molar-refractivity contribution in [3.05, 3.63) is 36.7 Å². The van der Waals surface area contributed by atoms with E-state index in [1.165, 1.54) is 7.11 Å². The minimum absolute atomic E-state index is 0.0937. The van der Waals surface area contributed by atoms with Crippen LogP contribution < -0.4 is 10.1 Å². The van der Waals surface area contributed by atoms with E-state index in [4.69, 9.17) is 9.47 Å². The summed E-state index contributed by atoms with van der Waals surface area (Å²) >= 11 is 0. The fourth-order valence-corrected chi connectivity index (χ4v) is 3.87. The van der Waals surface area contributed by atoms with Crippen LogP contribution in [0.15, 0.2) is 36.7 Å². The van der Waals surface area contributed by atoms with Gasteiger partial charge in [-0.3, -0.25) is 14.6 Å². The predicted octanol–water partition coefficient (Wildman–Crippen LogP) is 2.99. The number of ether oxygens (including phenoxy) is 2. The highest BCUT2D eigenvalue weighted by Gasteiger charge is 2.58. The lowest BCUT2D eigenvalue weighted by Crippen LogP contribution is -2.45. The Morgan fingerprint density at radius 1 is 1.15 bits per heavy atom. The van der Waals surface area contributed by atoms with Crippen molar-refractivity contribution in [2.75, 3.05) is 7.11 Å². The zero-order valence-corrected chi connectivity index (χ0v) is 15.4. The Balaban J connectivity index is 1.33. The SMILES string of the molecule is COC(=O)C1(C(=O)NC2CCC(Oc3cccc4cnccc34)CC2)CC1. The Labute approximate surface area is 158 Å². The molecule has 0 bridgehead atoms. The normalized spacial score (nSPS) is 23.4. The number of methoxy groups -OCH3 is 1. The molecule has 2 aromatic rings. The topological polar surface area (TPSA) is 77.5 Å². The molecule has 0 saturated heterocycles. The van der Waals surface area contributed by atoms with Gasteiger partial charge in [0.25, 0.3) is 0 Å². The predicted molar refractivity (Wildman–Crippen MR) is 100 cm³/mol. The lowest BCUT2D eigenvalue weighted by atomic mass is 9.92. The third kappa shape index (κ3) is 3.48. The van der Waals surface area contributed by atoms with Crippen LogP contribution in [0.1, 0.15) is 38.5 Å².